The molecule has 0 amide bonds. The molecule has 90 valence electrons. The number of rotatable bonds is 4. The van der Waals surface area contributed by atoms with E-state index in [2.05, 4.69) is 12.2 Å². The van der Waals surface area contributed by atoms with Crippen LogP contribution in [0, 0.1) is 5.92 Å². The van der Waals surface area contributed by atoms with Gasteiger partial charge in [0.2, 0.25) is 0 Å². The summed E-state index contributed by atoms with van der Waals surface area (Å²) in [7, 11) is 1.52. The highest BCUT2D eigenvalue weighted by atomic mass is 19.4. The van der Waals surface area contributed by atoms with Gasteiger partial charge < -0.3 is 5.32 Å². The fourth-order valence-corrected chi connectivity index (χ4v) is 2.00. The Morgan fingerprint density at radius 2 is 2.07 bits per heavy atom. The summed E-state index contributed by atoms with van der Waals surface area (Å²) in [5.74, 6) is 0.655. The first kappa shape index (κ1) is 12.8. The van der Waals surface area contributed by atoms with Crippen LogP contribution in [-0.2, 0) is 0 Å². The molecule has 2 atom stereocenters. The Balaban J connectivity index is 2.14. The summed E-state index contributed by atoms with van der Waals surface area (Å²) in [5.41, 5.74) is 0. The molecule has 0 bridgehead atoms. The van der Waals surface area contributed by atoms with Crippen LogP contribution in [0.1, 0.15) is 19.8 Å². The van der Waals surface area contributed by atoms with Crippen molar-refractivity contribution < 1.29 is 13.2 Å². The molecule has 1 saturated heterocycles. The number of alkyl halides is 3. The summed E-state index contributed by atoms with van der Waals surface area (Å²) in [6.07, 6.45) is -2.19. The first-order valence-corrected chi connectivity index (χ1v) is 5.35. The fraction of sp³-hybridized carbons (Fsp3) is 1.00. The Labute approximate surface area is 88.8 Å². The summed E-state index contributed by atoms with van der Waals surface area (Å²) >= 11 is 0. The summed E-state index contributed by atoms with van der Waals surface area (Å²) in [5, 5.41) is 3.32. The van der Waals surface area contributed by atoms with Gasteiger partial charge in [-0.15, -0.1) is 0 Å². The molecule has 1 heterocycles. The fourth-order valence-electron chi connectivity index (χ4n) is 2.00. The summed E-state index contributed by atoms with van der Waals surface area (Å²) in [4.78, 5) is 1.34. The minimum Gasteiger partial charge on any atom is -0.314 e. The van der Waals surface area contributed by atoms with Crippen molar-refractivity contribution >= 4 is 0 Å². The first-order chi connectivity index (χ1) is 6.87. The van der Waals surface area contributed by atoms with Gasteiger partial charge in [0.15, 0.2) is 0 Å². The standard InChI is InChI=1S/C10H19F3N2/c1-8-5-9(14-6-8)3-4-15(2)7-10(11,12)13/h8-9,14H,3-7H2,1-2H3. The number of nitrogens with zero attached hydrogens (tertiary/aromatic N) is 1. The molecule has 0 saturated carbocycles. The third-order valence-electron chi connectivity index (χ3n) is 2.75. The highest BCUT2D eigenvalue weighted by Gasteiger charge is 2.29. The Morgan fingerprint density at radius 1 is 1.40 bits per heavy atom. The average Bonchev–Trinajstić information content (AvgIpc) is 2.45. The molecule has 5 heteroatoms. The molecule has 2 unspecified atom stereocenters. The SMILES string of the molecule is CC1CNC(CCN(C)CC(F)(F)F)C1. The monoisotopic (exact) mass is 224 g/mol. The molecule has 1 N–H and O–H groups in total. The maximum atomic E-state index is 12.0. The summed E-state index contributed by atoms with van der Waals surface area (Å²) in [6.45, 7) is 2.85. The van der Waals surface area contributed by atoms with E-state index in [4.69, 9.17) is 0 Å². The average molecular weight is 224 g/mol. The molecule has 1 rings (SSSR count). The third kappa shape index (κ3) is 5.37. The van der Waals surface area contributed by atoms with E-state index in [1.807, 2.05) is 0 Å². The van der Waals surface area contributed by atoms with Crippen molar-refractivity contribution in [2.75, 3.05) is 26.7 Å². The molecule has 0 spiro atoms. The lowest BCUT2D eigenvalue weighted by Crippen LogP contribution is -2.34. The van der Waals surface area contributed by atoms with Crippen LogP contribution in [0.15, 0.2) is 0 Å². The lowest BCUT2D eigenvalue weighted by molar-refractivity contribution is -0.143. The zero-order valence-corrected chi connectivity index (χ0v) is 9.27. The molecule has 1 aliphatic rings. The van der Waals surface area contributed by atoms with Gasteiger partial charge in [-0.2, -0.15) is 13.2 Å². The van der Waals surface area contributed by atoms with Crippen LogP contribution in [0.4, 0.5) is 13.2 Å². The number of nitrogens with one attached hydrogen (secondary N) is 1. The van der Waals surface area contributed by atoms with E-state index in [0.717, 1.165) is 19.4 Å². The van der Waals surface area contributed by atoms with Crippen LogP contribution in [-0.4, -0.2) is 43.8 Å². The van der Waals surface area contributed by atoms with Gasteiger partial charge in [0.05, 0.1) is 6.54 Å². The van der Waals surface area contributed by atoms with Crippen molar-refractivity contribution in [2.24, 2.45) is 5.92 Å². The molecule has 1 aliphatic heterocycles. The maximum absolute atomic E-state index is 12.0. The second kappa shape index (κ2) is 5.16. The van der Waals surface area contributed by atoms with Crippen molar-refractivity contribution in [3.05, 3.63) is 0 Å². The quantitative estimate of drug-likeness (QED) is 0.784. The number of hydrogen-bond acceptors (Lipinski definition) is 2. The topological polar surface area (TPSA) is 15.3 Å². The van der Waals surface area contributed by atoms with E-state index in [1.54, 1.807) is 0 Å². The van der Waals surface area contributed by atoms with Gasteiger partial charge in [0, 0.05) is 6.04 Å². The zero-order chi connectivity index (χ0) is 11.5. The molecule has 0 radical (unpaired) electrons. The van der Waals surface area contributed by atoms with Gasteiger partial charge in [-0.3, -0.25) is 4.90 Å². The van der Waals surface area contributed by atoms with E-state index in [9.17, 15) is 13.2 Å². The summed E-state index contributed by atoms with van der Waals surface area (Å²) < 4.78 is 36.0. The van der Waals surface area contributed by atoms with Crippen LogP contribution in [0.3, 0.4) is 0 Å². The van der Waals surface area contributed by atoms with Crippen LogP contribution in [0.25, 0.3) is 0 Å². The highest BCUT2D eigenvalue weighted by molar-refractivity contribution is 4.79. The maximum Gasteiger partial charge on any atom is 0.401 e. The molecule has 15 heavy (non-hydrogen) atoms. The predicted molar refractivity (Wildman–Crippen MR) is 53.7 cm³/mol. The lowest BCUT2D eigenvalue weighted by atomic mass is 10.1. The Kier molecular flexibility index (Phi) is 4.40. The van der Waals surface area contributed by atoms with E-state index in [1.165, 1.54) is 11.9 Å². The number of halogens is 3. The van der Waals surface area contributed by atoms with Gasteiger partial charge in [-0.05, 0) is 38.9 Å². The second-order valence-corrected chi connectivity index (χ2v) is 4.59. The Bertz CT molecular complexity index is 194. The summed E-state index contributed by atoms with van der Waals surface area (Å²) in [6, 6.07) is 0.399. The van der Waals surface area contributed by atoms with Crippen molar-refractivity contribution in [1.82, 2.24) is 10.2 Å². The molecule has 0 aromatic carbocycles. The number of hydrogen-bond donors (Lipinski definition) is 1. The third-order valence-corrected chi connectivity index (χ3v) is 2.75. The van der Waals surface area contributed by atoms with Gasteiger partial charge in [-0.1, -0.05) is 6.92 Å². The predicted octanol–water partition coefficient (Wildman–Crippen LogP) is 1.87. The van der Waals surface area contributed by atoms with Gasteiger partial charge in [-0.25, -0.2) is 0 Å². The smallest absolute Gasteiger partial charge is 0.314 e. The minimum absolute atomic E-state index is 0.399. The van der Waals surface area contributed by atoms with E-state index in [-0.39, 0.29) is 0 Å². The molecule has 2 nitrogen and oxygen atoms in total. The Hall–Kier alpha value is -0.290. The van der Waals surface area contributed by atoms with Crippen LogP contribution < -0.4 is 5.32 Å². The van der Waals surface area contributed by atoms with Crippen LogP contribution in [0.2, 0.25) is 0 Å². The van der Waals surface area contributed by atoms with Gasteiger partial charge >= 0.3 is 6.18 Å². The van der Waals surface area contributed by atoms with Crippen molar-refractivity contribution in [3.63, 3.8) is 0 Å². The van der Waals surface area contributed by atoms with Crippen molar-refractivity contribution in [2.45, 2.75) is 32.0 Å². The second-order valence-electron chi connectivity index (χ2n) is 4.59. The van der Waals surface area contributed by atoms with Crippen LogP contribution >= 0.6 is 0 Å². The Morgan fingerprint density at radius 3 is 2.53 bits per heavy atom. The molecular formula is C10H19F3N2. The molecule has 0 aliphatic carbocycles. The first-order valence-electron chi connectivity index (χ1n) is 5.35. The zero-order valence-electron chi connectivity index (χ0n) is 9.27. The van der Waals surface area contributed by atoms with E-state index < -0.39 is 12.7 Å². The largest absolute Gasteiger partial charge is 0.401 e. The highest BCUT2D eigenvalue weighted by Crippen LogP contribution is 2.18. The molecular weight excluding hydrogens is 205 g/mol. The van der Waals surface area contributed by atoms with Gasteiger partial charge in [0.1, 0.15) is 0 Å². The van der Waals surface area contributed by atoms with Crippen molar-refractivity contribution in [3.8, 4) is 0 Å². The minimum atomic E-state index is -4.08. The lowest BCUT2D eigenvalue weighted by Gasteiger charge is -2.20. The normalized spacial score (nSPS) is 27.6. The molecule has 0 aromatic heterocycles. The van der Waals surface area contributed by atoms with E-state index >= 15 is 0 Å². The van der Waals surface area contributed by atoms with Crippen molar-refractivity contribution in [1.29, 1.82) is 0 Å². The van der Waals surface area contributed by atoms with Crippen LogP contribution in [0.5, 0.6) is 0 Å². The molecule has 0 aromatic rings. The molecule has 1 fully saturated rings. The van der Waals surface area contributed by atoms with Gasteiger partial charge in [0.25, 0.3) is 0 Å². The van der Waals surface area contributed by atoms with E-state index in [0.29, 0.717) is 18.5 Å².